The van der Waals surface area contributed by atoms with E-state index in [1.54, 1.807) is 31.2 Å². The minimum absolute atomic E-state index is 0.0463. The maximum Gasteiger partial charge on any atom is 0.359 e. The van der Waals surface area contributed by atoms with Gasteiger partial charge in [0, 0.05) is 6.04 Å². The molecule has 47 heavy (non-hydrogen) atoms. The second-order valence-corrected chi connectivity index (χ2v) is 11.9. The monoisotopic (exact) mass is 658 g/mol. The van der Waals surface area contributed by atoms with Gasteiger partial charge >= 0.3 is 11.4 Å². The normalized spacial score (nSPS) is 16.7. The molecule has 0 radical (unpaired) electrons. The predicted molar refractivity (Wildman–Crippen MR) is 191 cm³/mol. The number of aromatic nitrogens is 3. The quantitative estimate of drug-likeness (QED) is 0.232. The number of hydrogen-bond acceptors (Lipinski definition) is 6. The zero-order valence-electron chi connectivity index (χ0n) is 28.5. The number of aliphatic imine (C=N–C) groups is 1. The molecule has 0 saturated carbocycles. The minimum Gasteiger partial charge on any atom is -0.324 e. The van der Waals surface area contributed by atoms with Crippen molar-refractivity contribution in [2.45, 2.75) is 93.7 Å². The summed E-state index contributed by atoms with van der Waals surface area (Å²) in [7, 11) is 0. The predicted octanol–water partition coefficient (Wildman–Crippen LogP) is 8.20. The molecule has 0 saturated heterocycles. The van der Waals surface area contributed by atoms with Gasteiger partial charge in [-0.3, -0.25) is 9.56 Å². The molecule has 1 aliphatic rings. The first-order valence-corrected chi connectivity index (χ1v) is 16.4. The Balaban J connectivity index is 2.30. The molecule has 10 heteroatoms. The summed E-state index contributed by atoms with van der Waals surface area (Å²) < 4.78 is 17.0. The molecule has 0 bridgehead atoms. The highest BCUT2D eigenvalue weighted by Crippen LogP contribution is 2.26. The van der Waals surface area contributed by atoms with Crippen LogP contribution in [-0.2, 0) is 13.0 Å². The summed E-state index contributed by atoms with van der Waals surface area (Å²) in [5.41, 5.74) is 3.96. The van der Waals surface area contributed by atoms with Crippen LogP contribution in [0.15, 0.2) is 90.6 Å². The molecule has 1 aromatic carbocycles. The molecule has 1 unspecified atom stereocenters. The fourth-order valence-corrected chi connectivity index (χ4v) is 5.23. The lowest BCUT2D eigenvalue weighted by atomic mass is 10.00. The van der Waals surface area contributed by atoms with Crippen LogP contribution in [0.5, 0.6) is 0 Å². The fourth-order valence-electron chi connectivity index (χ4n) is 5.03. The van der Waals surface area contributed by atoms with Gasteiger partial charge in [0.15, 0.2) is 0 Å². The molecule has 0 spiro atoms. The summed E-state index contributed by atoms with van der Waals surface area (Å²) in [6.07, 6.45) is 13.8. The average molecular weight is 659 g/mol. The van der Waals surface area contributed by atoms with Gasteiger partial charge in [0.2, 0.25) is 5.95 Å². The van der Waals surface area contributed by atoms with E-state index in [1.165, 1.54) is 16.7 Å². The van der Waals surface area contributed by atoms with E-state index in [4.69, 9.17) is 16.6 Å². The SMILES string of the molecule is C/C=C1/C=C(Nc2nc(=O)n(C(/C=C(C)\C=C(/C)CC)=C/C)c(=O)n2Cc2cc(C#N)c(F)cc2CCC)C(Cl)=CC1=NC(C)CC. The molecule has 1 aromatic heterocycles. The van der Waals surface area contributed by atoms with E-state index in [-0.39, 0.29) is 24.1 Å². The van der Waals surface area contributed by atoms with Crippen LogP contribution in [0.4, 0.5) is 10.3 Å². The Labute approximate surface area is 281 Å². The van der Waals surface area contributed by atoms with Crippen LogP contribution in [0.3, 0.4) is 0 Å². The highest BCUT2D eigenvalue weighted by Gasteiger charge is 2.22. The number of nitriles is 1. The maximum atomic E-state index is 14.7. The Kier molecular flexibility index (Phi) is 13.2. The smallest absolute Gasteiger partial charge is 0.324 e. The summed E-state index contributed by atoms with van der Waals surface area (Å²) in [4.78, 5) is 37.0. The van der Waals surface area contributed by atoms with E-state index in [2.05, 4.69) is 24.1 Å². The lowest BCUT2D eigenvalue weighted by Gasteiger charge is -2.21. The van der Waals surface area contributed by atoms with Gasteiger partial charge in [-0.25, -0.2) is 18.5 Å². The van der Waals surface area contributed by atoms with Gasteiger partial charge in [-0.05, 0) is 107 Å². The van der Waals surface area contributed by atoms with Crippen molar-refractivity contribution in [3.8, 4) is 6.07 Å². The third-order valence-corrected chi connectivity index (χ3v) is 8.23. The van der Waals surface area contributed by atoms with Crippen molar-refractivity contribution < 1.29 is 4.39 Å². The number of anilines is 1. The molecule has 2 aromatic rings. The van der Waals surface area contributed by atoms with Crippen molar-refractivity contribution in [1.29, 1.82) is 5.26 Å². The first kappa shape index (κ1) is 36.9. The van der Waals surface area contributed by atoms with E-state index in [1.807, 2.05) is 52.8 Å². The largest absolute Gasteiger partial charge is 0.359 e. The molecule has 3 rings (SSSR count). The van der Waals surface area contributed by atoms with Crippen LogP contribution in [0.25, 0.3) is 5.70 Å². The summed E-state index contributed by atoms with van der Waals surface area (Å²) in [5.74, 6) is -0.672. The molecule has 1 heterocycles. The molecule has 8 nitrogen and oxygen atoms in total. The van der Waals surface area contributed by atoms with Crippen molar-refractivity contribution in [3.63, 3.8) is 0 Å². The number of benzene rings is 1. The molecule has 1 atom stereocenters. The summed E-state index contributed by atoms with van der Waals surface area (Å²) in [6.45, 7) is 15.5. The topological polar surface area (TPSA) is 105 Å². The zero-order chi connectivity index (χ0) is 34.8. The zero-order valence-corrected chi connectivity index (χ0v) is 29.3. The molecule has 1 N–H and O–H groups in total. The standard InChI is InChI=1S/C37H44ClFN6O2/c1-9-14-27-18-32(39)28(21-40)17-29(27)22-44-35(42-34-19-26(12-4)33(20-31(34)38)41-25(8)11-3)43-36(46)45(37(44)47)30(13-5)16-24(7)15-23(6)10-2/h12-13,15-20,25H,9-11,14,22H2,1-8H3,(H,42,43,46)/b23-15+,24-16-,26-12-,30-13+,41-33?. The molecule has 0 aliphatic heterocycles. The Hall–Kier alpha value is -4.55. The Bertz CT molecular complexity index is 1900. The van der Waals surface area contributed by atoms with Gasteiger partial charge in [0.05, 0.1) is 34.2 Å². The second-order valence-electron chi connectivity index (χ2n) is 11.5. The third kappa shape index (κ3) is 9.05. The van der Waals surface area contributed by atoms with Gasteiger partial charge in [0.1, 0.15) is 11.9 Å². The highest BCUT2D eigenvalue weighted by atomic mass is 35.5. The summed E-state index contributed by atoms with van der Waals surface area (Å²) in [6, 6.07) is 4.77. The Morgan fingerprint density at radius 3 is 2.47 bits per heavy atom. The molecule has 0 fully saturated rings. The van der Waals surface area contributed by atoms with Crippen molar-refractivity contribution in [2.24, 2.45) is 4.99 Å². The Morgan fingerprint density at radius 2 is 1.87 bits per heavy atom. The van der Waals surface area contributed by atoms with E-state index < -0.39 is 17.2 Å². The van der Waals surface area contributed by atoms with Crippen molar-refractivity contribution >= 4 is 29.0 Å². The third-order valence-electron chi connectivity index (χ3n) is 7.91. The van der Waals surface area contributed by atoms with Gasteiger partial charge in [-0.15, -0.1) is 0 Å². The minimum atomic E-state index is -0.783. The summed E-state index contributed by atoms with van der Waals surface area (Å²) in [5, 5.41) is 13.0. The number of hydrogen-bond donors (Lipinski definition) is 1. The molecule has 0 amide bonds. The van der Waals surface area contributed by atoms with Crippen molar-refractivity contribution in [2.75, 3.05) is 5.32 Å². The number of nitrogens with one attached hydrogen (secondary N) is 1. The van der Waals surface area contributed by atoms with Crippen LogP contribution < -0.4 is 16.7 Å². The first-order valence-electron chi connectivity index (χ1n) is 16.0. The molecule has 1 aliphatic carbocycles. The number of halogens is 2. The van der Waals surface area contributed by atoms with E-state index in [0.717, 1.165) is 39.8 Å². The van der Waals surface area contributed by atoms with E-state index >= 15 is 0 Å². The molecular formula is C37H44ClFN6O2. The maximum absolute atomic E-state index is 14.7. The summed E-state index contributed by atoms with van der Waals surface area (Å²) >= 11 is 6.73. The van der Waals surface area contributed by atoms with Crippen molar-refractivity contribution in [3.05, 3.63) is 120 Å². The van der Waals surface area contributed by atoms with Gasteiger partial charge in [-0.2, -0.15) is 10.2 Å². The highest BCUT2D eigenvalue weighted by molar-refractivity contribution is 6.35. The van der Waals surface area contributed by atoms with E-state index in [0.29, 0.717) is 40.4 Å². The number of allylic oxidation sites excluding steroid dienone is 11. The van der Waals surface area contributed by atoms with Crippen LogP contribution in [0.1, 0.15) is 91.3 Å². The number of aryl methyl sites for hydroxylation is 1. The van der Waals surface area contributed by atoms with Gasteiger partial charge in [0.25, 0.3) is 0 Å². The lowest BCUT2D eigenvalue weighted by Crippen LogP contribution is -2.42. The second kappa shape index (κ2) is 16.8. The first-order chi connectivity index (χ1) is 22.4. The molecule has 248 valence electrons. The van der Waals surface area contributed by atoms with Crippen LogP contribution in [0, 0.1) is 17.1 Å². The number of nitrogens with zero attached hydrogens (tertiary/aromatic N) is 5. The molecular weight excluding hydrogens is 615 g/mol. The van der Waals surface area contributed by atoms with Crippen LogP contribution >= 0.6 is 11.6 Å². The van der Waals surface area contributed by atoms with Gasteiger partial charge in [-0.1, -0.05) is 62.6 Å². The van der Waals surface area contributed by atoms with Crippen molar-refractivity contribution in [1.82, 2.24) is 14.1 Å². The fraction of sp³-hybridized carbons (Fsp3) is 0.378. The Morgan fingerprint density at radius 1 is 1.15 bits per heavy atom. The van der Waals surface area contributed by atoms with E-state index in [9.17, 15) is 19.2 Å². The average Bonchev–Trinajstić information content (AvgIpc) is 3.04. The van der Waals surface area contributed by atoms with Gasteiger partial charge < -0.3 is 5.32 Å². The number of rotatable bonds is 12. The van der Waals surface area contributed by atoms with Crippen LogP contribution in [-0.4, -0.2) is 25.9 Å². The van der Waals surface area contributed by atoms with Crippen LogP contribution in [0.2, 0.25) is 0 Å². The lowest BCUT2D eigenvalue weighted by molar-refractivity contribution is 0.615.